The summed E-state index contributed by atoms with van der Waals surface area (Å²) in [7, 11) is 0. The molecular formula is C20H18F3N3OS2. The highest BCUT2D eigenvalue weighted by atomic mass is 32.2. The third kappa shape index (κ3) is 5.16. The molecule has 0 unspecified atom stereocenters. The molecule has 0 N–H and O–H groups in total. The first-order valence-corrected chi connectivity index (χ1v) is 10.6. The van der Waals surface area contributed by atoms with E-state index < -0.39 is 11.7 Å². The van der Waals surface area contributed by atoms with Crippen LogP contribution in [-0.2, 0) is 23.1 Å². The van der Waals surface area contributed by atoms with Crippen LogP contribution in [0.2, 0.25) is 0 Å². The number of para-hydroxylation sites is 1. The molecule has 0 aliphatic heterocycles. The zero-order chi connectivity index (χ0) is 21.0. The molecule has 0 spiro atoms. The highest BCUT2D eigenvalue weighted by Crippen LogP contribution is 2.34. The van der Waals surface area contributed by atoms with Gasteiger partial charge in [-0.25, -0.2) is 9.97 Å². The zero-order valence-corrected chi connectivity index (χ0v) is 17.4. The summed E-state index contributed by atoms with van der Waals surface area (Å²) >= 11 is 2.64. The van der Waals surface area contributed by atoms with E-state index in [-0.39, 0.29) is 5.91 Å². The van der Waals surface area contributed by atoms with E-state index in [2.05, 4.69) is 9.97 Å². The van der Waals surface area contributed by atoms with Gasteiger partial charge in [-0.1, -0.05) is 25.1 Å². The Bertz CT molecular complexity index is 987. The van der Waals surface area contributed by atoms with Gasteiger partial charge in [0.2, 0.25) is 5.91 Å². The van der Waals surface area contributed by atoms with E-state index in [1.165, 1.54) is 36.1 Å². The topological polar surface area (TPSA) is 46.1 Å². The molecule has 0 atom stereocenters. The lowest BCUT2D eigenvalue weighted by molar-refractivity contribution is -0.137. The van der Waals surface area contributed by atoms with Gasteiger partial charge in [0, 0.05) is 24.3 Å². The number of aryl methyl sites for hydroxylation is 1. The lowest BCUT2D eigenvalue weighted by atomic mass is 10.1. The molecule has 3 aromatic rings. The van der Waals surface area contributed by atoms with Gasteiger partial charge in [0.05, 0.1) is 22.0 Å². The fourth-order valence-electron chi connectivity index (χ4n) is 2.68. The molecular weight excluding hydrogens is 419 g/mol. The summed E-state index contributed by atoms with van der Waals surface area (Å²) in [5.41, 5.74) is 1.81. The lowest BCUT2D eigenvalue weighted by Crippen LogP contribution is -2.23. The van der Waals surface area contributed by atoms with Crippen LogP contribution in [0, 0.1) is 0 Å². The van der Waals surface area contributed by atoms with Gasteiger partial charge >= 0.3 is 6.18 Å². The number of thioether (sulfide) groups is 1. The standard InChI is InChI=1S/C20H18F3N3OS2/c1-3-14-6-4-5-7-17(14)26(13(2)27)19-25-16(12-29-19)11-28-18-9-8-15(10-24-18)20(21,22)23/h4-10,12H,3,11H2,1-2H3. The van der Waals surface area contributed by atoms with Crippen molar-refractivity contribution in [2.24, 2.45) is 0 Å². The molecule has 9 heteroatoms. The van der Waals surface area contributed by atoms with Crippen LogP contribution in [0.15, 0.2) is 53.0 Å². The van der Waals surface area contributed by atoms with Crippen LogP contribution < -0.4 is 4.90 Å². The lowest BCUT2D eigenvalue weighted by Gasteiger charge is -2.20. The van der Waals surface area contributed by atoms with Gasteiger partial charge in [-0.2, -0.15) is 13.2 Å². The molecule has 0 aliphatic rings. The minimum Gasteiger partial charge on any atom is -0.274 e. The molecule has 1 amide bonds. The van der Waals surface area contributed by atoms with Gasteiger partial charge in [0.1, 0.15) is 0 Å². The average molecular weight is 438 g/mol. The number of rotatable bonds is 6. The minimum absolute atomic E-state index is 0.135. The SMILES string of the molecule is CCc1ccccc1N(C(C)=O)c1nc(CSc2ccc(C(F)(F)F)cn2)cs1. The van der Waals surface area contributed by atoms with Gasteiger partial charge in [-0.15, -0.1) is 23.1 Å². The smallest absolute Gasteiger partial charge is 0.274 e. The number of benzene rings is 1. The predicted molar refractivity (Wildman–Crippen MR) is 110 cm³/mol. The number of hydrogen-bond acceptors (Lipinski definition) is 5. The van der Waals surface area contributed by atoms with Crippen LogP contribution in [-0.4, -0.2) is 15.9 Å². The minimum atomic E-state index is -4.40. The molecule has 0 aliphatic carbocycles. The van der Waals surface area contributed by atoms with Gasteiger partial charge in [0.25, 0.3) is 0 Å². The normalized spacial score (nSPS) is 11.5. The second-order valence-electron chi connectivity index (χ2n) is 6.13. The van der Waals surface area contributed by atoms with Gasteiger partial charge in [0.15, 0.2) is 5.13 Å². The molecule has 2 aromatic heterocycles. The number of nitrogens with zero attached hydrogens (tertiary/aromatic N) is 3. The summed E-state index contributed by atoms with van der Waals surface area (Å²) < 4.78 is 37.9. The van der Waals surface area contributed by atoms with Crippen molar-refractivity contribution < 1.29 is 18.0 Å². The van der Waals surface area contributed by atoms with E-state index in [9.17, 15) is 18.0 Å². The molecule has 0 saturated heterocycles. The van der Waals surface area contributed by atoms with E-state index in [1.54, 1.807) is 4.90 Å². The number of carbonyl (C=O) groups is 1. The number of carbonyl (C=O) groups excluding carboxylic acids is 1. The largest absolute Gasteiger partial charge is 0.417 e. The number of alkyl halides is 3. The quantitative estimate of drug-likeness (QED) is 0.438. The molecule has 29 heavy (non-hydrogen) atoms. The van der Waals surface area contributed by atoms with Gasteiger partial charge in [-0.3, -0.25) is 9.69 Å². The molecule has 2 heterocycles. The maximum atomic E-state index is 12.6. The summed E-state index contributed by atoms with van der Waals surface area (Å²) in [4.78, 5) is 22.3. The van der Waals surface area contributed by atoms with Crippen molar-refractivity contribution in [2.45, 2.75) is 37.2 Å². The average Bonchev–Trinajstić information content (AvgIpc) is 3.14. The van der Waals surface area contributed by atoms with Crippen molar-refractivity contribution in [1.29, 1.82) is 0 Å². The first-order chi connectivity index (χ1) is 13.8. The van der Waals surface area contributed by atoms with Gasteiger partial charge < -0.3 is 0 Å². The molecule has 0 fully saturated rings. The predicted octanol–water partition coefficient (Wildman–Crippen LogP) is 6.10. The number of aromatic nitrogens is 2. The first kappa shape index (κ1) is 21.3. The Balaban J connectivity index is 1.74. The first-order valence-electron chi connectivity index (χ1n) is 8.78. The van der Waals surface area contributed by atoms with Crippen molar-refractivity contribution >= 4 is 39.8 Å². The van der Waals surface area contributed by atoms with E-state index in [4.69, 9.17) is 0 Å². The molecule has 152 valence electrons. The third-order valence-corrected chi connectivity index (χ3v) is 5.94. The Kier molecular flexibility index (Phi) is 6.59. The second-order valence-corrected chi connectivity index (χ2v) is 7.96. The Labute approximate surface area is 174 Å². The number of halogens is 3. The fraction of sp³-hybridized carbons (Fsp3) is 0.250. The van der Waals surface area contributed by atoms with Crippen LogP contribution in [0.3, 0.4) is 0 Å². The molecule has 0 bridgehead atoms. The second kappa shape index (κ2) is 8.96. The van der Waals surface area contributed by atoms with Crippen molar-refractivity contribution in [3.8, 4) is 0 Å². The van der Waals surface area contributed by atoms with Crippen molar-refractivity contribution in [3.05, 3.63) is 64.8 Å². The summed E-state index contributed by atoms with van der Waals surface area (Å²) in [6.45, 7) is 3.52. The highest BCUT2D eigenvalue weighted by molar-refractivity contribution is 7.98. The van der Waals surface area contributed by atoms with E-state index in [0.717, 1.165) is 35.6 Å². The van der Waals surface area contributed by atoms with Crippen molar-refractivity contribution in [2.75, 3.05) is 4.90 Å². The van der Waals surface area contributed by atoms with E-state index in [0.29, 0.717) is 15.9 Å². The highest BCUT2D eigenvalue weighted by Gasteiger charge is 2.30. The number of hydrogen-bond donors (Lipinski definition) is 0. The maximum absolute atomic E-state index is 12.6. The summed E-state index contributed by atoms with van der Waals surface area (Å²) in [6.07, 6.45) is -2.79. The molecule has 4 nitrogen and oxygen atoms in total. The van der Waals surface area contributed by atoms with Crippen LogP contribution in [0.1, 0.15) is 30.7 Å². The van der Waals surface area contributed by atoms with Crippen LogP contribution >= 0.6 is 23.1 Å². The van der Waals surface area contributed by atoms with E-state index >= 15 is 0 Å². The van der Waals surface area contributed by atoms with Crippen LogP contribution in [0.5, 0.6) is 0 Å². The molecule has 0 radical (unpaired) electrons. The van der Waals surface area contributed by atoms with Crippen molar-refractivity contribution in [1.82, 2.24) is 9.97 Å². The number of amides is 1. The zero-order valence-electron chi connectivity index (χ0n) is 15.7. The van der Waals surface area contributed by atoms with E-state index in [1.807, 2.05) is 36.6 Å². The van der Waals surface area contributed by atoms with Crippen molar-refractivity contribution in [3.63, 3.8) is 0 Å². The number of anilines is 2. The third-order valence-electron chi connectivity index (χ3n) is 4.09. The Morgan fingerprint density at radius 1 is 1.21 bits per heavy atom. The van der Waals surface area contributed by atoms with Crippen LogP contribution in [0.25, 0.3) is 0 Å². The Hall–Kier alpha value is -2.39. The molecule has 3 rings (SSSR count). The summed E-state index contributed by atoms with van der Waals surface area (Å²) in [5, 5.41) is 2.89. The summed E-state index contributed by atoms with van der Waals surface area (Å²) in [6, 6.07) is 10.0. The number of thiazole rings is 1. The fourth-order valence-corrected chi connectivity index (χ4v) is 4.40. The molecule has 1 aromatic carbocycles. The summed E-state index contributed by atoms with van der Waals surface area (Å²) in [5.74, 6) is 0.305. The van der Waals surface area contributed by atoms with Crippen LogP contribution in [0.4, 0.5) is 24.0 Å². The van der Waals surface area contributed by atoms with Gasteiger partial charge in [-0.05, 0) is 30.2 Å². The Morgan fingerprint density at radius 2 is 1.97 bits per heavy atom. The Morgan fingerprint density at radius 3 is 2.59 bits per heavy atom. The number of pyridine rings is 1. The molecule has 0 saturated carbocycles. The monoisotopic (exact) mass is 437 g/mol. The maximum Gasteiger partial charge on any atom is 0.417 e.